The highest BCUT2D eigenvalue weighted by Crippen LogP contribution is 2.18. The Morgan fingerprint density at radius 1 is 0.739 bits per heavy atom. The molecule has 0 spiro atoms. The fourth-order valence-corrected chi connectivity index (χ4v) is 1.90. The molecule has 0 saturated heterocycles. The molecule has 0 bridgehead atoms. The predicted octanol–water partition coefficient (Wildman–Crippen LogP) is 5.28. The quantitative estimate of drug-likeness (QED) is 0.758. The zero-order valence-corrected chi connectivity index (χ0v) is 15.8. The van der Waals surface area contributed by atoms with Gasteiger partial charge in [0.25, 0.3) is 10.1 Å². The third kappa shape index (κ3) is 11.8. The van der Waals surface area contributed by atoms with E-state index >= 15 is 0 Å². The lowest BCUT2D eigenvalue weighted by atomic mass is 9.88. The summed E-state index contributed by atoms with van der Waals surface area (Å²) in [5, 5.41) is 2.62. The van der Waals surface area contributed by atoms with E-state index in [4.69, 9.17) is 4.55 Å². The van der Waals surface area contributed by atoms with Crippen molar-refractivity contribution in [2.24, 2.45) is 17.8 Å². The van der Waals surface area contributed by atoms with Crippen LogP contribution in [0.25, 0.3) is 10.8 Å². The van der Waals surface area contributed by atoms with E-state index in [0.717, 1.165) is 17.8 Å². The lowest BCUT2D eigenvalue weighted by molar-refractivity contribution is 0.316. The molecule has 0 aliphatic heterocycles. The third-order valence-corrected chi connectivity index (χ3v) is 3.76. The van der Waals surface area contributed by atoms with Crippen molar-refractivity contribution in [3.63, 3.8) is 0 Å². The molecule has 2 rings (SSSR count). The summed E-state index contributed by atoms with van der Waals surface area (Å²) in [5.74, 6) is 2.56. The van der Waals surface area contributed by atoms with Gasteiger partial charge in [0.1, 0.15) is 0 Å². The van der Waals surface area contributed by atoms with Gasteiger partial charge in [0.05, 0.1) is 6.26 Å². The molecule has 0 heterocycles. The summed E-state index contributed by atoms with van der Waals surface area (Å²) in [7, 11) is -3.67. The van der Waals surface area contributed by atoms with Gasteiger partial charge < -0.3 is 0 Å². The van der Waals surface area contributed by atoms with E-state index in [-0.39, 0.29) is 0 Å². The first-order valence-corrected chi connectivity index (χ1v) is 9.73. The number of rotatable bonds is 2. The Labute approximate surface area is 141 Å². The van der Waals surface area contributed by atoms with Crippen LogP contribution in [-0.2, 0) is 10.1 Å². The summed E-state index contributed by atoms with van der Waals surface area (Å²) in [4.78, 5) is 0. The van der Waals surface area contributed by atoms with Crippen LogP contribution in [0.15, 0.2) is 48.5 Å². The van der Waals surface area contributed by atoms with Crippen LogP contribution >= 0.6 is 0 Å². The first-order chi connectivity index (χ1) is 10.5. The number of hydrogen-bond donors (Lipinski definition) is 1. The standard InChI is InChI=1S/C10H8.C8H18.CH4O3S/c1-2-6-10-8-4-3-7-9(10)5-1;1-6(2)8(5)7(3)4;1-5(2,3)4/h1-8H;6-8H,1-5H3;1H3,(H,2,3,4). The highest BCUT2D eigenvalue weighted by Gasteiger charge is 2.09. The second-order valence-corrected chi connectivity index (χ2v) is 7.89. The Bertz CT molecular complexity index is 580. The number of fused-ring (bicyclic) bond motifs is 1. The fourth-order valence-electron chi connectivity index (χ4n) is 1.90. The van der Waals surface area contributed by atoms with Crippen molar-refractivity contribution in [1.82, 2.24) is 0 Å². The number of hydrogen-bond acceptors (Lipinski definition) is 2. The summed E-state index contributed by atoms with van der Waals surface area (Å²) in [5.41, 5.74) is 0. The number of benzene rings is 2. The molecule has 0 fully saturated rings. The van der Waals surface area contributed by atoms with E-state index in [9.17, 15) is 8.42 Å². The second-order valence-electron chi connectivity index (χ2n) is 6.43. The zero-order chi connectivity index (χ0) is 18.0. The molecule has 0 atom stereocenters. The van der Waals surface area contributed by atoms with Gasteiger partial charge in [-0.25, -0.2) is 0 Å². The smallest absolute Gasteiger partial charge is 0.261 e. The van der Waals surface area contributed by atoms with E-state index < -0.39 is 10.1 Å². The molecule has 3 nitrogen and oxygen atoms in total. The van der Waals surface area contributed by atoms with E-state index in [0.29, 0.717) is 6.26 Å². The van der Waals surface area contributed by atoms with Crippen LogP contribution in [0.3, 0.4) is 0 Å². The molecule has 4 heteroatoms. The highest BCUT2D eigenvalue weighted by atomic mass is 32.2. The Morgan fingerprint density at radius 3 is 1.09 bits per heavy atom. The summed E-state index contributed by atoms with van der Waals surface area (Å²) >= 11 is 0. The van der Waals surface area contributed by atoms with Gasteiger partial charge in [-0.2, -0.15) is 8.42 Å². The molecule has 23 heavy (non-hydrogen) atoms. The van der Waals surface area contributed by atoms with Gasteiger partial charge in [0.2, 0.25) is 0 Å². The topological polar surface area (TPSA) is 54.4 Å². The van der Waals surface area contributed by atoms with Crippen molar-refractivity contribution in [2.75, 3.05) is 6.26 Å². The summed E-state index contributed by atoms with van der Waals surface area (Å²) in [6.07, 6.45) is 0.715. The molecule has 130 valence electrons. The maximum Gasteiger partial charge on any atom is 0.261 e. The minimum atomic E-state index is -3.67. The summed E-state index contributed by atoms with van der Waals surface area (Å²) in [6.45, 7) is 11.4. The van der Waals surface area contributed by atoms with Crippen LogP contribution in [0.2, 0.25) is 0 Å². The van der Waals surface area contributed by atoms with Gasteiger partial charge in [0.15, 0.2) is 0 Å². The Morgan fingerprint density at radius 2 is 0.957 bits per heavy atom. The Hall–Kier alpha value is -1.39. The van der Waals surface area contributed by atoms with Crippen LogP contribution < -0.4 is 0 Å². The van der Waals surface area contributed by atoms with Crippen molar-refractivity contribution >= 4 is 20.9 Å². The molecular weight excluding hydrogens is 308 g/mol. The second kappa shape index (κ2) is 10.4. The van der Waals surface area contributed by atoms with Crippen molar-refractivity contribution in [1.29, 1.82) is 0 Å². The van der Waals surface area contributed by atoms with Gasteiger partial charge in [-0.15, -0.1) is 0 Å². The van der Waals surface area contributed by atoms with Crippen LogP contribution in [-0.4, -0.2) is 19.2 Å². The molecule has 2 aromatic carbocycles. The van der Waals surface area contributed by atoms with E-state index in [1.165, 1.54) is 10.8 Å². The predicted molar refractivity (Wildman–Crippen MR) is 100 cm³/mol. The maximum atomic E-state index is 9.19. The zero-order valence-electron chi connectivity index (χ0n) is 15.0. The molecule has 1 N–H and O–H groups in total. The monoisotopic (exact) mass is 338 g/mol. The van der Waals surface area contributed by atoms with Crippen LogP contribution in [0.1, 0.15) is 34.6 Å². The lowest BCUT2D eigenvalue weighted by Crippen LogP contribution is -2.10. The Kier molecular flexibility index (Phi) is 9.77. The average molecular weight is 339 g/mol. The molecule has 2 aromatic rings. The molecule has 0 unspecified atom stereocenters. The largest absolute Gasteiger partial charge is 0.286 e. The van der Waals surface area contributed by atoms with Gasteiger partial charge in [-0.3, -0.25) is 4.55 Å². The maximum absolute atomic E-state index is 9.19. The lowest BCUT2D eigenvalue weighted by Gasteiger charge is -2.18. The van der Waals surface area contributed by atoms with Crippen LogP contribution in [0, 0.1) is 17.8 Å². The van der Waals surface area contributed by atoms with Crippen LogP contribution in [0.5, 0.6) is 0 Å². The summed E-state index contributed by atoms with van der Waals surface area (Å²) in [6, 6.07) is 16.7. The van der Waals surface area contributed by atoms with Gasteiger partial charge in [-0.1, -0.05) is 83.1 Å². The van der Waals surface area contributed by atoms with E-state index in [1.807, 2.05) is 0 Å². The minimum absolute atomic E-state index is 0.715. The van der Waals surface area contributed by atoms with Crippen molar-refractivity contribution in [3.8, 4) is 0 Å². The SMILES string of the molecule is CC(C)C(C)C(C)C.CS(=O)(=O)O.c1ccc2ccccc2c1. The average Bonchev–Trinajstić information content (AvgIpc) is 2.45. The minimum Gasteiger partial charge on any atom is -0.286 e. The first-order valence-electron chi connectivity index (χ1n) is 7.88. The van der Waals surface area contributed by atoms with E-state index in [1.54, 1.807) is 0 Å². The Balaban J connectivity index is 0.000000338. The van der Waals surface area contributed by atoms with Gasteiger partial charge in [-0.05, 0) is 28.5 Å². The fraction of sp³-hybridized carbons (Fsp3) is 0.474. The molecule has 0 saturated carbocycles. The summed E-state index contributed by atoms with van der Waals surface area (Å²) < 4.78 is 25.9. The normalized spacial score (nSPS) is 11.0. The highest BCUT2D eigenvalue weighted by molar-refractivity contribution is 7.85. The molecule has 0 aliphatic carbocycles. The molecule has 0 radical (unpaired) electrons. The molecule has 0 aliphatic rings. The first kappa shape index (κ1) is 21.6. The molecular formula is C19H30O3S. The van der Waals surface area contributed by atoms with Crippen molar-refractivity contribution in [3.05, 3.63) is 48.5 Å². The van der Waals surface area contributed by atoms with Crippen LogP contribution in [0.4, 0.5) is 0 Å². The van der Waals surface area contributed by atoms with Gasteiger partial charge in [0, 0.05) is 0 Å². The van der Waals surface area contributed by atoms with E-state index in [2.05, 4.69) is 83.1 Å². The van der Waals surface area contributed by atoms with Gasteiger partial charge >= 0.3 is 0 Å². The molecule has 0 aromatic heterocycles. The third-order valence-electron chi connectivity index (χ3n) is 3.76. The van der Waals surface area contributed by atoms with Crippen molar-refractivity contribution in [2.45, 2.75) is 34.6 Å². The molecule has 0 amide bonds. The van der Waals surface area contributed by atoms with Crippen molar-refractivity contribution < 1.29 is 13.0 Å².